The molecule has 0 spiro atoms. The Morgan fingerprint density at radius 2 is 1.22 bits per heavy atom. The third-order valence-corrected chi connectivity index (χ3v) is 6.33. The van der Waals surface area contributed by atoms with Crippen LogP contribution in [0.3, 0.4) is 0 Å². The molecule has 158 valence electrons. The van der Waals surface area contributed by atoms with Crippen LogP contribution in [-0.4, -0.2) is 44.3 Å². The molecular weight excluding hydrogens is 416 g/mol. The van der Waals surface area contributed by atoms with E-state index in [0.29, 0.717) is 32.1 Å². The molecular formula is C24H14O8. The van der Waals surface area contributed by atoms with E-state index in [-0.39, 0.29) is 16.5 Å². The SMILES string of the molecule is O=C(O)c1ccc2c3c1C(C(=O)O)(C(=O)O)CC=c3c1cccc3c(C(=O)O)ccc2c31. The molecule has 0 saturated heterocycles. The molecule has 0 aliphatic heterocycles. The molecule has 4 aromatic rings. The van der Waals surface area contributed by atoms with Crippen molar-refractivity contribution in [2.24, 2.45) is 0 Å². The smallest absolute Gasteiger partial charge is 0.336 e. The average Bonchev–Trinajstić information content (AvgIpc) is 2.75. The lowest BCUT2D eigenvalue weighted by Gasteiger charge is -2.31. The maximum absolute atomic E-state index is 12.3. The van der Waals surface area contributed by atoms with Gasteiger partial charge in [-0.25, -0.2) is 9.59 Å². The van der Waals surface area contributed by atoms with Gasteiger partial charge in [-0.1, -0.05) is 36.4 Å². The van der Waals surface area contributed by atoms with Crippen molar-refractivity contribution >= 4 is 62.3 Å². The van der Waals surface area contributed by atoms with Crippen molar-refractivity contribution < 1.29 is 39.6 Å². The van der Waals surface area contributed by atoms with Gasteiger partial charge in [0.2, 0.25) is 0 Å². The Morgan fingerprint density at radius 1 is 0.656 bits per heavy atom. The summed E-state index contributed by atoms with van der Waals surface area (Å²) in [5.41, 5.74) is -3.03. The first-order chi connectivity index (χ1) is 15.2. The minimum Gasteiger partial charge on any atom is -0.480 e. The molecule has 0 saturated carbocycles. The van der Waals surface area contributed by atoms with Crippen molar-refractivity contribution in [2.45, 2.75) is 11.8 Å². The summed E-state index contributed by atoms with van der Waals surface area (Å²) in [7, 11) is 0. The molecule has 4 N–H and O–H groups in total. The molecule has 0 amide bonds. The molecule has 5 rings (SSSR count). The zero-order valence-electron chi connectivity index (χ0n) is 16.2. The molecule has 8 heteroatoms. The normalized spacial score (nSPS) is 14.4. The minimum absolute atomic E-state index is 0.0956. The fraction of sp³-hybridized carbons (Fsp3) is 0.0833. The van der Waals surface area contributed by atoms with Crippen LogP contribution in [0, 0.1) is 0 Å². The van der Waals surface area contributed by atoms with Crippen LogP contribution in [-0.2, 0) is 15.0 Å². The Bertz CT molecular complexity index is 1600. The van der Waals surface area contributed by atoms with Crippen LogP contribution in [0.5, 0.6) is 0 Å². The summed E-state index contributed by atoms with van der Waals surface area (Å²) in [4.78, 5) is 48.3. The molecule has 0 fully saturated rings. The van der Waals surface area contributed by atoms with Gasteiger partial charge in [0.05, 0.1) is 11.1 Å². The van der Waals surface area contributed by atoms with Gasteiger partial charge < -0.3 is 20.4 Å². The van der Waals surface area contributed by atoms with Crippen molar-refractivity contribution in [1.29, 1.82) is 0 Å². The van der Waals surface area contributed by atoms with Gasteiger partial charge in [-0.2, -0.15) is 0 Å². The highest BCUT2D eigenvalue weighted by Gasteiger charge is 2.52. The van der Waals surface area contributed by atoms with Crippen molar-refractivity contribution in [2.75, 3.05) is 0 Å². The molecule has 0 radical (unpaired) electrons. The highest BCUT2D eigenvalue weighted by atomic mass is 16.4. The highest BCUT2D eigenvalue weighted by molar-refractivity contribution is 6.27. The molecule has 8 nitrogen and oxygen atoms in total. The standard InChI is InChI=1S/C24H14O8/c25-20(26)15-6-4-12-13-5-7-16(21(27)28)19-18(13)14(10-2-1-3-11(15)17(10)12)8-9-24(19,22(29)30)23(31)32/h1-8H,9H2,(H,25,26)(H,27,28)(H,29,30)(H,31,32). The molecule has 0 atom stereocenters. The summed E-state index contributed by atoms with van der Waals surface area (Å²) in [6.07, 6.45) is 1.04. The van der Waals surface area contributed by atoms with Gasteiger partial charge in [0.1, 0.15) is 0 Å². The Labute approximate surface area is 178 Å². The quantitative estimate of drug-likeness (QED) is 0.219. The van der Waals surface area contributed by atoms with Gasteiger partial charge in [-0.05, 0) is 56.1 Å². The number of benzene rings is 4. The zero-order valence-corrected chi connectivity index (χ0v) is 16.2. The summed E-state index contributed by atoms with van der Waals surface area (Å²) in [6, 6.07) is 10.8. The first kappa shape index (κ1) is 19.5. The monoisotopic (exact) mass is 430 g/mol. The maximum Gasteiger partial charge on any atom is 0.336 e. The molecule has 0 unspecified atom stereocenters. The van der Waals surface area contributed by atoms with E-state index < -0.39 is 41.3 Å². The highest BCUT2D eigenvalue weighted by Crippen LogP contribution is 2.43. The van der Waals surface area contributed by atoms with Gasteiger partial charge >= 0.3 is 23.9 Å². The van der Waals surface area contributed by atoms with Crippen LogP contribution >= 0.6 is 0 Å². The Hall–Kier alpha value is -4.46. The van der Waals surface area contributed by atoms with Crippen molar-refractivity contribution in [3.05, 3.63) is 64.4 Å². The number of carboxylic acid groups (broad SMARTS) is 4. The molecule has 1 aliphatic rings. The lowest BCUT2D eigenvalue weighted by Crippen LogP contribution is -2.47. The Balaban J connectivity index is 2.13. The zero-order chi connectivity index (χ0) is 22.9. The number of aliphatic carboxylic acids is 2. The first-order valence-electron chi connectivity index (χ1n) is 9.58. The number of carboxylic acids is 4. The summed E-state index contributed by atoms with van der Waals surface area (Å²) in [6.45, 7) is 0. The fourth-order valence-electron chi connectivity index (χ4n) is 4.95. The number of fused-ring (bicyclic) bond motifs is 2. The van der Waals surface area contributed by atoms with Crippen LogP contribution in [0.25, 0.3) is 38.4 Å². The van der Waals surface area contributed by atoms with Gasteiger partial charge in [-0.15, -0.1) is 0 Å². The molecule has 0 heterocycles. The van der Waals surface area contributed by atoms with Crippen LogP contribution in [0.1, 0.15) is 32.7 Å². The summed E-state index contributed by atoms with van der Waals surface area (Å²) >= 11 is 0. The Kier molecular flexibility index (Phi) is 3.82. The molecule has 32 heavy (non-hydrogen) atoms. The van der Waals surface area contributed by atoms with Gasteiger partial charge in [-0.3, -0.25) is 9.59 Å². The van der Waals surface area contributed by atoms with E-state index in [1.165, 1.54) is 24.3 Å². The second-order valence-electron chi connectivity index (χ2n) is 7.75. The van der Waals surface area contributed by atoms with Crippen LogP contribution in [0.4, 0.5) is 0 Å². The maximum atomic E-state index is 12.3. The van der Waals surface area contributed by atoms with E-state index in [9.17, 15) is 39.6 Å². The number of aromatic carboxylic acids is 2. The lowest BCUT2D eigenvalue weighted by molar-refractivity contribution is -0.157. The van der Waals surface area contributed by atoms with E-state index in [4.69, 9.17) is 0 Å². The van der Waals surface area contributed by atoms with Crippen molar-refractivity contribution in [3.8, 4) is 0 Å². The Morgan fingerprint density at radius 3 is 1.81 bits per heavy atom. The first-order valence-corrected chi connectivity index (χ1v) is 9.58. The third kappa shape index (κ3) is 2.20. The van der Waals surface area contributed by atoms with Crippen LogP contribution in [0.15, 0.2) is 42.5 Å². The predicted molar refractivity (Wildman–Crippen MR) is 114 cm³/mol. The fourth-order valence-corrected chi connectivity index (χ4v) is 4.95. The van der Waals surface area contributed by atoms with Gasteiger partial charge in [0.25, 0.3) is 0 Å². The molecule has 4 aromatic carbocycles. The van der Waals surface area contributed by atoms with E-state index in [1.54, 1.807) is 24.3 Å². The second kappa shape index (κ2) is 6.27. The molecule has 0 aromatic heterocycles. The topological polar surface area (TPSA) is 149 Å². The van der Waals surface area contributed by atoms with Crippen molar-refractivity contribution in [3.63, 3.8) is 0 Å². The number of rotatable bonds is 4. The lowest BCUT2D eigenvalue weighted by atomic mass is 9.69. The van der Waals surface area contributed by atoms with Crippen molar-refractivity contribution in [1.82, 2.24) is 0 Å². The van der Waals surface area contributed by atoms with E-state index in [0.717, 1.165) is 0 Å². The molecule has 1 aliphatic carbocycles. The number of hydrogen-bond donors (Lipinski definition) is 4. The summed E-state index contributed by atoms with van der Waals surface area (Å²) in [5, 5.41) is 42.8. The average molecular weight is 430 g/mol. The third-order valence-electron chi connectivity index (χ3n) is 6.33. The second-order valence-corrected chi connectivity index (χ2v) is 7.75. The van der Waals surface area contributed by atoms with E-state index in [2.05, 4.69) is 0 Å². The summed E-state index contributed by atoms with van der Waals surface area (Å²) < 4.78 is 0. The summed E-state index contributed by atoms with van der Waals surface area (Å²) in [5.74, 6) is -5.83. The van der Waals surface area contributed by atoms with Crippen LogP contribution < -0.4 is 5.22 Å². The van der Waals surface area contributed by atoms with Gasteiger partial charge in [0.15, 0.2) is 5.41 Å². The predicted octanol–water partition coefficient (Wildman–Crippen LogP) is 2.85. The van der Waals surface area contributed by atoms with E-state index >= 15 is 0 Å². The largest absolute Gasteiger partial charge is 0.480 e. The number of carbonyl (C=O) groups is 4. The number of hydrogen-bond acceptors (Lipinski definition) is 4. The molecule has 0 bridgehead atoms. The van der Waals surface area contributed by atoms with E-state index in [1.807, 2.05) is 0 Å². The van der Waals surface area contributed by atoms with Crippen LogP contribution in [0.2, 0.25) is 0 Å². The minimum atomic E-state index is -2.46. The van der Waals surface area contributed by atoms with Gasteiger partial charge in [0, 0.05) is 5.56 Å².